The minimum Gasteiger partial charge on any atom is -0.479 e. The summed E-state index contributed by atoms with van der Waals surface area (Å²) >= 11 is 0. The van der Waals surface area contributed by atoms with E-state index >= 15 is 0 Å². The molecule has 0 spiro atoms. The molecule has 0 saturated carbocycles. The number of aliphatic hydroxyl groups excluding tert-OH is 1. The van der Waals surface area contributed by atoms with Crippen molar-refractivity contribution in [2.75, 3.05) is 6.61 Å². The van der Waals surface area contributed by atoms with Crippen molar-refractivity contribution < 1.29 is 24.5 Å². The Morgan fingerprint density at radius 3 is 2.70 bits per heavy atom. The van der Waals surface area contributed by atoms with Gasteiger partial charge in [-0.15, -0.1) is 0 Å². The number of esters is 1. The minimum atomic E-state index is -1.83. The Morgan fingerprint density at radius 1 is 1.45 bits per heavy atom. The maximum absolute atomic E-state index is 11.8. The molecule has 0 aliphatic rings. The van der Waals surface area contributed by atoms with E-state index < -0.39 is 18.0 Å². The molecule has 0 aromatic heterocycles. The van der Waals surface area contributed by atoms with Gasteiger partial charge in [0, 0.05) is 12.0 Å². The molecule has 106 valence electrons. The zero-order valence-electron chi connectivity index (χ0n) is 11.0. The monoisotopic (exact) mass is 277 g/mol. The number of aryl methyl sites for hydroxylation is 1. The van der Waals surface area contributed by atoms with Crippen molar-refractivity contribution in [2.45, 2.75) is 25.9 Å². The van der Waals surface area contributed by atoms with E-state index in [0.29, 0.717) is 5.56 Å². The summed E-state index contributed by atoms with van der Waals surface area (Å²) in [7, 11) is 0. The Labute approximate surface area is 116 Å². The smallest absolute Gasteiger partial charge is 0.338 e. The third-order valence-electron chi connectivity index (χ3n) is 2.71. The van der Waals surface area contributed by atoms with Crippen LogP contribution in [0.3, 0.4) is 0 Å². The summed E-state index contributed by atoms with van der Waals surface area (Å²) in [6, 6.07) is 6.49. The highest BCUT2D eigenvalue weighted by molar-refractivity contribution is 5.93. The van der Waals surface area contributed by atoms with E-state index in [1.807, 2.05) is 6.07 Å². The first-order valence-electron chi connectivity index (χ1n) is 6.09. The van der Waals surface area contributed by atoms with E-state index in [1.54, 1.807) is 19.1 Å². The lowest BCUT2D eigenvalue weighted by Gasteiger charge is -2.15. The molecule has 1 aromatic carbocycles. The highest BCUT2D eigenvalue weighted by Gasteiger charge is 2.26. The topological polar surface area (TPSA) is 108 Å². The Morgan fingerprint density at radius 2 is 2.15 bits per heavy atom. The lowest BCUT2D eigenvalue weighted by Crippen LogP contribution is -2.18. The Hall–Kier alpha value is -2.39. The van der Waals surface area contributed by atoms with Crippen LogP contribution in [0.1, 0.15) is 40.9 Å². The Kier molecular flexibility index (Phi) is 5.69. The number of carboxylic acid groups (broad SMARTS) is 1. The van der Waals surface area contributed by atoms with Crippen LogP contribution in [0, 0.1) is 11.3 Å². The molecule has 0 heterocycles. The summed E-state index contributed by atoms with van der Waals surface area (Å²) in [6.07, 6.45) is -1.42. The predicted octanol–water partition coefficient (Wildman–Crippen LogP) is 1.44. The molecule has 1 unspecified atom stereocenters. The Bertz CT molecular complexity index is 547. The second-order valence-electron chi connectivity index (χ2n) is 4.00. The van der Waals surface area contributed by atoms with E-state index in [-0.39, 0.29) is 30.6 Å². The van der Waals surface area contributed by atoms with Gasteiger partial charge in [-0.05, 0) is 25.0 Å². The molecule has 6 heteroatoms. The summed E-state index contributed by atoms with van der Waals surface area (Å²) in [5.41, 5.74) is 0.456. The van der Waals surface area contributed by atoms with Crippen LogP contribution in [0.2, 0.25) is 0 Å². The molecule has 1 rings (SSSR count). The first-order valence-corrected chi connectivity index (χ1v) is 6.09. The first kappa shape index (κ1) is 15.7. The standard InChI is InChI=1S/C14H15NO5/c1-2-20-14(19)10-7-3-5-9(6-4-8-15)11(10)12(16)13(17)18/h3,5,7,12,16H,2,4,6H2,1H3,(H,17,18). The summed E-state index contributed by atoms with van der Waals surface area (Å²) in [4.78, 5) is 22.8. The normalized spacial score (nSPS) is 11.4. The number of rotatable bonds is 6. The van der Waals surface area contributed by atoms with Crippen molar-refractivity contribution in [2.24, 2.45) is 0 Å². The van der Waals surface area contributed by atoms with Gasteiger partial charge in [-0.3, -0.25) is 0 Å². The van der Waals surface area contributed by atoms with E-state index in [2.05, 4.69) is 0 Å². The minimum absolute atomic E-state index is 0.00583. The van der Waals surface area contributed by atoms with Gasteiger partial charge in [-0.2, -0.15) is 5.26 Å². The molecule has 1 atom stereocenters. The van der Waals surface area contributed by atoms with Gasteiger partial charge in [-0.25, -0.2) is 9.59 Å². The molecule has 0 saturated heterocycles. The fraction of sp³-hybridized carbons (Fsp3) is 0.357. The highest BCUT2D eigenvalue weighted by atomic mass is 16.5. The number of nitriles is 1. The fourth-order valence-corrected chi connectivity index (χ4v) is 1.85. The van der Waals surface area contributed by atoms with Crippen molar-refractivity contribution in [3.8, 4) is 6.07 Å². The fourth-order valence-electron chi connectivity index (χ4n) is 1.85. The van der Waals surface area contributed by atoms with Crippen molar-refractivity contribution in [3.05, 3.63) is 34.9 Å². The van der Waals surface area contributed by atoms with E-state index in [9.17, 15) is 14.7 Å². The van der Waals surface area contributed by atoms with Crippen molar-refractivity contribution in [1.82, 2.24) is 0 Å². The maximum Gasteiger partial charge on any atom is 0.338 e. The summed E-state index contributed by atoms with van der Waals surface area (Å²) in [5, 5.41) is 27.3. The van der Waals surface area contributed by atoms with Gasteiger partial charge >= 0.3 is 11.9 Å². The molecule has 1 aromatic rings. The van der Waals surface area contributed by atoms with Crippen LogP contribution in [0.5, 0.6) is 0 Å². The lowest BCUT2D eigenvalue weighted by molar-refractivity contribution is -0.147. The molecule has 0 aliphatic heterocycles. The zero-order valence-corrected chi connectivity index (χ0v) is 11.0. The highest BCUT2D eigenvalue weighted by Crippen LogP contribution is 2.25. The summed E-state index contributed by atoms with van der Waals surface area (Å²) in [5.74, 6) is -2.15. The molecule has 0 aliphatic carbocycles. The van der Waals surface area contributed by atoms with Gasteiger partial charge in [0.15, 0.2) is 6.10 Å². The number of ether oxygens (including phenoxy) is 1. The predicted molar refractivity (Wildman–Crippen MR) is 68.9 cm³/mol. The van der Waals surface area contributed by atoms with Gasteiger partial charge in [0.05, 0.1) is 18.2 Å². The van der Waals surface area contributed by atoms with Crippen LogP contribution in [0.25, 0.3) is 0 Å². The van der Waals surface area contributed by atoms with E-state index in [4.69, 9.17) is 15.1 Å². The molecular weight excluding hydrogens is 262 g/mol. The number of nitrogens with zero attached hydrogens (tertiary/aromatic N) is 1. The van der Waals surface area contributed by atoms with Gasteiger partial charge in [-0.1, -0.05) is 12.1 Å². The molecule has 2 N–H and O–H groups in total. The van der Waals surface area contributed by atoms with E-state index in [1.165, 1.54) is 6.07 Å². The van der Waals surface area contributed by atoms with Crippen LogP contribution in [-0.2, 0) is 16.0 Å². The van der Waals surface area contributed by atoms with Crippen LogP contribution >= 0.6 is 0 Å². The summed E-state index contributed by atoms with van der Waals surface area (Å²) in [6.45, 7) is 1.77. The van der Waals surface area contributed by atoms with Crippen molar-refractivity contribution >= 4 is 11.9 Å². The zero-order chi connectivity index (χ0) is 15.1. The maximum atomic E-state index is 11.8. The third kappa shape index (κ3) is 3.56. The largest absolute Gasteiger partial charge is 0.479 e. The second kappa shape index (κ2) is 7.26. The third-order valence-corrected chi connectivity index (χ3v) is 2.71. The van der Waals surface area contributed by atoms with Crippen molar-refractivity contribution in [3.63, 3.8) is 0 Å². The number of aliphatic hydroxyl groups is 1. The Balaban J connectivity index is 3.32. The van der Waals surface area contributed by atoms with Gasteiger partial charge in [0.1, 0.15) is 0 Å². The van der Waals surface area contributed by atoms with Crippen LogP contribution in [0.15, 0.2) is 18.2 Å². The molecule has 0 fully saturated rings. The molecular formula is C14H15NO5. The average molecular weight is 277 g/mol. The van der Waals surface area contributed by atoms with Crippen LogP contribution in [0.4, 0.5) is 0 Å². The van der Waals surface area contributed by atoms with Gasteiger partial charge < -0.3 is 14.9 Å². The summed E-state index contributed by atoms with van der Waals surface area (Å²) < 4.78 is 4.85. The number of benzene rings is 1. The lowest BCUT2D eigenvalue weighted by atomic mass is 9.93. The first-order chi connectivity index (χ1) is 9.52. The molecule has 0 radical (unpaired) electrons. The second-order valence-corrected chi connectivity index (χ2v) is 4.00. The number of aliphatic carboxylic acids is 1. The number of carboxylic acids is 1. The number of hydrogen-bond acceptors (Lipinski definition) is 5. The van der Waals surface area contributed by atoms with Gasteiger partial charge in [0.25, 0.3) is 0 Å². The number of carbonyl (C=O) groups is 2. The average Bonchev–Trinajstić information content (AvgIpc) is 2.43. The number of hydrogen-bond donors (Lipinski definition) is 2. The van der Waals surface area contributed by atoms with Gasteiger partial charge in [0.2, 0.25) is 0 Å². The molecule has 20 heavy (non-hydrogen) atoms. The SMILES string of the molecule is CCOC(=O)c1cccc(CCC#N)c1C(O)C(=O)O. The quantitative estimate of drug-likeness (QED) is 0.762. The number of carbonyl (C=O) groups excluding carboxylic acids is 1. The molecule has 0 bridgehead atoms. The van der Waals surface area contributed by atoms with Crippen LogP contribution in [-0.4, -0.2) is 28.8 Å². The van der Waals surface area contributed by atoms with Crippen LogP contribution < -0.4 is 0 Å². The molecule has 0 amide bonds. The van der Waals surface area contributed by atoms with E-state index in [0.717, 1.165) is 0 Å². The van der Waals surface area contributed by atoms with Crippen molar-refractivity contribution in [1.29, 1.82) is 5.26 Å². The molecule has 6 nitrogen and oxygen atoms in total.